The van der Waals surface area contributed by atoms with Gasteiger partial charge in [-0.25, -0.2) is 0 Å². The quantitative estimate of drug-likeness (QED) is 0.783. The second-order valence-electron chi connectivity index (χ2n) is 6.64. The Morgan fingerprint density at radius 2 is 2.27 bits per heavy atom. The lowest BCUT2D eigenvalue weighted by atomic mass is 9.71. The summed E-state index contributed by atoms with van der Waals surface area (Å²) in [6, 6.07) is 8.95. The molecule has 116 valence electrons. The van der Waals surface area contributed by atoms with Crippen molar-refractivity contribution < 1.29 is 9.53 Å². The number of fused-ring (bicyclic) bond motifs is 1. The lowest BCUT2D eigenvalue weighted by Crippen LogP contribution is -2.58. The van der Waals surface area contributed by atoms with Gasteiger partial charge >= 0.3 is 5.97 Å². The first-order valence-corrected chi connectivity index (χ1v) is 8.35. The molecule has 4 saturated heterocycles. The molecule has 4 aliphatic rings. The van der Waals surface area contributed by atoms with Crippen molar-refractivity contribution >= 4 is 23.6 Å². The second-order valence-corrected chi connectivity index (χ2v) is 7.07. The van der Waals surface area contributed by atoms with E-state index >= 15 is 0 Å². The topological polar surface area (TPSA) is 29.5 Å². The molecule has 4 heterocycles. The van der Waals surface area contributed by atoms with Crippen LogP contribution in [-0.4, -0.2) is 36.6 Å². The first-order chi connectivity index (χ1) is 10.7. The maximum atomic E-state index is 12.3. The lowest BCUT2D eigenvalue weighted by molar-refractivity contribution is -0.153. The summed E-state index contributed by atoms with van der Waals surface area (Å²) in [5, 5.41) is 0.750. The van der Waals surface area contributed by atoms with Crippen molar-refractivity contribution in [1.29, 1.82) is 0 Å². The second kappa shape index (κ2) is 5.39. The molecule has 4 fully saturated rings. The first-order valence-electron chi connectivity index (χ1n) is 7.97. The van der Waals surface area contributed by atoms with Gasteiger partial charge in [0, 0.05) is 23.7 Å². The zero-order valence-corrected chi connectivity index (χ0v) is 13.4. The van der Waals surface area contributed by atoms with Gasteiger partial charge < -0.3 is 4.74 Å². The average molecular weight is 318 g/mol. The van der Waals surface area contributed by atoms with Crippen LogP contribution in [0.5, 0.6) is 0 Å². The zero-order chi connectivity index (χ0) is 15.3. The summed E-state index contributed by atoms with van der Waals surface area (Å²) in [4.78, 5) is 14.8. The zero-order valence-electron chi connectivity index (χ0n) is 12.7. The van der Waals surface area contributed by atoms with Gasteiger partial charge in [0.2, 0.25) is 0 Å². The molecule has 0 N–H and O–H groups in total. The number of nitrogens with zero attached hydrogens (tertiary/aromatic N) is 1. The maximum absolute atomic E-state index is 12.3. The van der Waals surface area contributed by atoms with Gasteiger partial charge in [0.15, 0.2) is 0 Å². The van der Waals surface area contributed by atoms with E-state index in [0.29, 0.717) is 18.0 Å². The Labute approximate surface area is 135 Å². The SMILES string of the molecule is COC(=O)C1C2CC3CCC1N3C/C2=C\c1cccc(Cl)c1. The van der Waals surface area contributed by atoms with Gasteiger partial charge in [0.05, 0.1) is 13.0 Å². The standard InChI is InChI=1S/C18H20ClNO2/c1-22-18(21)17-15-9-14-5-6-16(17)20(14)10-12(15)7-11-3-2-4-13(19)8-11/h2-4,7-8,14-17H,5-6,9-10H2,1H3/b12-7+. The largest absolute Gasteiger partial charge is 0.469 e. The smallest absolute Gasteiger partial charge is 0.310 e. The Morgan fingerprint density at radius 1 is 1.41 bits per heavy atom. The number of esters is 1. The minimum absolute atomic E-state index is 0.00272. The molecule has 0 aromatic heterocycles. The van der Waals surface area contributed by atoms with E-state index in [4.69, 9.17) is 16.3 Å². The summed E-state index contributed by atoms with van der Waals surface area (Å²) in [5.74, 6) is 0.286. The molecule has 0 saturated carbocycles. The van der Waals surface area contributed by atoms with Crippen LogP contribution in [0.3, 0.4) is 0 Å². The third-order valence-corrected chi connectivity index (χ3v) is 5.82. The highest BCUT2D eigenvalue weighted by molar-refractivity contribution is 6.30. The number of carbonyl (C=O) groups excluding carboxylic acids is 1. The van der Waals surface area contributed by atoms with Crippen LogP contribution in [0.15, 0.2) is 29.8 Å². The van der Waals surface area contributed by atoms with Crippen LogP contribution in [0.2, 0.25) is 5.02 Å². The molecule has 22 heavy (non-hydrogen) atoms. The Bertz CT molecular complexity index is 642. The molecule has 5 atom stereocenters. The van der Waals surface area contributed by atoms with Crippen LogP contribution in [0.25, 0.3) is 6.08 Å². The van der Waals surface area contributed by atoms with Gasteiger partial charge in [-0.1, -0.05) is 35.4 Å². The van der Waals surface area contributed by atoms with Crippen LogP contribution in [0.4, 0.5) is 0 Å². The number of halogens is 1. The first kappa shape index (κ1) is 14.3. The van der Waals surface area contributed by atoms with Gasteiger partial charge in [-0.2, -0.15) is 0 Å². The molecule has 1 aromatic rings. The van der Waals surface area contributed by atoms with Gasteiger partial charge in [0.1, 0.15) is 0 Å². The molecule has 3 nitrogen and oxygen atoms in total. The van der Waals surface area contributed by atoms with Crippen molar-refractivity contribution in [2.75, 3.05) is 13.7 Å². The van der Waals surface area contributed by atoms with Gasteiger partial charge in [-0.15, -0.1) is 0 Å². The van der Waals surface area contributed by atoms with E-state index in [2.05, 4.69) is 17.0 Å². The highest BCUT2D eigenvalue weighted by Crippen LogP contribution is 2.50. The molecule has 4 bridgehead atoms. The Hall–Kier alpha value is -1.32. The van der Waals surface area contributed by atoms with Crippen LogP contribution < -0.4 is 0 Å². The average Bonchev–Trinajstić information content (AvgIpc) is 2.82. The molecule has 0 radical (unpaired) electrons. The van der Waals surface area contributed by atoms with E-state index in [1.165, 1.54) is 19.1 Å². The van der Waals surface area contributed by atoms with Crippen LogP contribution >= 0.6 is 11.6 Å². The fourth-order valence-electron chi connectivity index (χ4n) is 4.69. The van der Waals surface area contributed by atoms with Crippen LogP contribution in [0.1, 0.15) is 24.8 Å². The van der Waals surface area contributed by atoms with Crippen LogP contribution in [-0.2, 0) is 9.53 Å². The predicted octanol–water partition coefficient (Wildman–Crippen LogP) is 3.38. The predicted molar refractivity (Wildman–Crippen MR) is 86.6 cm³/mol. The molecule has 4 heteroatoms. The summed E-state index contributed by atoms with van der Waals surface area (Å²) in [6.07, 6.45) is 5.66. The summed E-state index contributed by atoms with van der Waals surface area (Å²) < 4.78 is 5.10. The van der Waals surface area contributed by atoms with Gasteiger partial charge in [0.25, 0.3) is 0 Å². The van der Waals surface area contributed by atoms with Gasteiger partial charge in [-0.05, 0) is 42.9 Å². The number of hydrogen-bond acceptors (Lipinski definition) is 3. The van der Waals surface area contributed by atoms with Crippen molar-refractivity contribution in [2.24, 2.45) is 11.8 Å². The number of carbonyl (C=O) groups is 1. The molecule has 1 aromatic carbocycles. The van der Waals surface area contributed by atoms with E-state index in [1.807, 2.05) is 18.2 Å². The number of hydrogen-bond donors (Lipinski definition) is 0. The number of ether oxygens (including phenoxy) is 1. The minimum Gasteiger partial charge on any atom is -0.469 e. The molecular weight excluding hydrogens is 298 g/mol. The number of rotatable bonds is 2. The molecule has 5 unspecified atom stereocenters. The lowest BCUT2D eigenvalue weighted by Gasteiger charge is -2.50. The third kappa shape index (κ3) is 2.19. The highest BCUT2D eigenvalue weighted by atomic mass is 35.5. The summed E-state index contributed by atoms with van der Waals surface area (Å²) in [7, 11) is 1.51. The van der Waals surface area contributed by atoms with Crippen molar-refractivity contribution in [2.45, 2.75) is 31.3 Å². The number of benzene rings is 1. The van der Waals surface area contributed by atoms with Crippen LogP contribution in [0, 0.1) is 11.8 Å². The Balaban J connectivity index is 1.69. The fraction of sp³-hybridized carbons (Fsp3) is 0.500. The molecular formula is C18H20ClNO2. The Morgan fingerprint density at radius 3 is 3.05 bits per heavy atom. The van der Waals surface area contributed by atoms with E-state index in [9.17, 15) is 4.79 Å². The summed E-state index contributed by atoms with van der Waals surface area (Å²) >= 11 is 6.09. The fourth-order valence-corrected chi connectivity index (χ4v) is 4.89. The molecule has 0 spiro atoms. The van der Waals surface area contributed by atoms with Crippen molar-refractivity contribution in [3.05, 3.63) is 40.4 Å². The summed E-state index contributed by atoms with van der Waals surface area (Å²) in [5.41, 5.74) is 2.47. The van der Waals surface area contributed by atoms with E-state index in [-0.39, 0.29) is 11.9 Å². The molecule has 0 aliphatic carbocycles. The normalized spacial score (nSPS) is 37.5. The third-order valence-electron chi connectivity index (χ3n) is 5.58. The monoisotopic (exact) mass is 317 g/mol. The highest BCUT2D eigenvalue weighted by Gasteiger charge is 2.55. The number of methoxy groups -OCH3 is 1. The van der Waals surface area contributed by atoms with E-state index in [0.717, 1.165) is 30.0 Å². The maximum Gasteiger partial charge on any atom is 0.310 e. The number of piperidine rings is 3. The van der Waals surface area contributed by atoms with Crippen molar-refractivity contribution in [1.82, 2.24) is 4.90 Å². The van der Waals surface area contributed by atoms with Gasteiger partial charge in [-0.3, -0.25) is 9.69 Å². The molecule has 0 amide bonds. The molecule has 5 rings (SSSR count). The van der Waals surface area contributed by atoms with Crippen molar-refractivity contribution in [3.8, 4) is 0 Å². The Kier molecular flexibility index (Phi) is 3.50. The van der Waals surface area contributed by atoms with Crippen molar-refractivity contribution in [3.63, 3.8) is 0 Å². The van der Waals surface area contributed by atoms with E-state index in [1.54, 1.807) is 0 Å². The minimum atomic E-state index is -0.0444. The molecule has 4 aliphatic heterocycles. The van der Waals surface area contributed by atoms with E-state index < -0.39 is 0 Å². The summed E-state index contributed by atoms with van der Waals surface area (Å²) in [6.45, 7) is 0.986.